The molecule has 0 fully saturated rings. The maximum absolute atomic E-state index is 10.6. The number of allylic oxidation sites excluding steroid dienone is 1. The van der Waals surface area contributed by atoms with Crippen LogP contribution in [0.2, 0.25) is 0 Å². The molecule has 3 heteroatoms. The van der Waals surface area contributed by atoms with Crippen molar-refractivity contribution >= 4 is 21.9 Å². The number of halogens is 1. The number of methoxy groups -OCH3 is 1. The maximum atomic E-state index is 10.6. The average Bonchev–Trinajstić information content (AvgIpc) is 2.16. The van der Waals surface area contributed by atoms with Crippen LogP contribution >= 0.6 is 15.9 Å². The number of rotatable bonds is 4. The number of esters is 1. The van der Waals surface area contributed by atoms with E-state index in [0.29, 0.717) is 12.8 Å². The highest BCUT2D eigenvalue weighted by Gasteiger charge is 1.95. The minimum absolute atomic E-state index is 0.199. The highest BCUT2D eigenvalue weighted by molar-refractivity contribution is 9.11. The Morgan fingerprint density at radius 3 is 2.77 bits per heavy atom. The van der Waals surface area contributed by atoms with Crippen LogP contribution in [0.5, 0.6) is 0 Å². The third-order valence-corrected chi connectivity index (χ3v) is 1.71. The van der Waals surface area contributed by atoms with Crippen molar-refractivity contribution in [2.45, 2.75) is 25.7 Å². The Bertz CT molecular complexity index is 223. The quantitative estimate of drug-likeness (QED) is 0.432. The predicted molar refractivity (Wildman–Crippen MR) is 56.3 cm³/mol. The highest BCUT2D eigenvalue weighted by atomic mass is 79.9. The topological polar surface area (TPSA) is 26.3 Å². The molecule has 0 radical (unpaired) electrons. The second-order valence-corrected chi connectivity index (χ2v) is 2.86. The van der Waals surface area contributed by atoms with Crippen LogP contribution in [0.15, 0.2) is 11.1 Å². The van der Waals surface area contributed by atoms with Crippen molar-refractivity contribution in [3.05, 3.63) is 11.1 Å². The van der Waals surface area contributed by atoms with Crippen LogP contribution in [0.25, 0.3) is 0 Å². The molecule has 0 aliphatic heterocycles. The van der Waals surface area contributed by atoms with Crippen molar-refractivity contribution in [2.24, 2.45) is 0 Å². The fraction of sp³-hybridized carbons (Fsp3) is 0.500. The Kier molecular flexibility index (Phi) is 8.80. The maximum Gasteiger partial charge on any atom is 0.306 e. The van der Waals surface area contributed by atoms with Gasteiger partial charge in [0.05, 0.1) is 13.5 Å². The summed E-state index contributed by atoms with van der Waals surface area (Å²) in [5.74, 6) is 5.68. The van der Waals surface area contributed by atoms with Crippen molar-refractivity contribution in [1.82, 2.24) is 0 Å². The molecule has 0 aromatic heterocycles. The van der Waals surface area contributed by atoms with Gasteiger partial charge in [-0.3, -0.25) is 4.79 Å². The zero-order valence-corrected chi connectivity index (χ0v) is 9.26. The molecule has 0 aliphatic rings. The number of hydrogen-bond donors (Lipinski definition) is 0. The van der Waals surface area contributed by atoms with E-state index in [4.69, 9.17) is 0 Å². The van der Waals surface area contributed by atoms with Crippen LogP contribution in [0, 0.1) is 11.8 Å². The Labute approximate surface area is 87.5 Å². The number of ether oxygens (including phenoxy) is 1. The second kappa shape index (κ2) is 9.34. The van der Waals surface area contributed by atoms with Crippen LogP contribution in [0.4, 0.5) is 0 Å². The molecule has 0 amide bonds. The summed E-state index contributed by atoms with van der Waals surface area (Å²) in [4.78, 5) is 12.5. The predicted octanol–water partition coefficient (Wildman–Crippen LogP) is 2.63. The second-order valence-electron chi connectivity index (χ2n) is 2.33. The fourth-order valence-electron chi connectivity index (χ4n) is 0.662. The van der Waals surface area contributed by atoms with E-state index in [-0.39, 0.29) is 5.97 Å². The molecule has 0 bridgehead atoms. The van der Waals surface area contributed by atoms with Crippen LogP contribution in [0.1, 0.15) is 25.7 Å². The molecule has 0 rings (SSSR count). The van der Waals surface area contributed by atoms with Crippen molar-refractivity contribution < 1.29 is 9.53 Å². The van der Waals surface area contributed by atoms with Gasteiger partial charge in [-0.05, 0) is 11.4 Å². The average molecular weight is 245 g/mol. The minimum atomic E-state index is -0.199. The molecular formula is C10H13BrO2. The lowest BCUT2D eigenvalue weighted by atomic mass is 10.2. The van der Waals surface area contributed by atoms with Crippen LogP contribution in [-0.2, 0) is 9.53 Å². The van der Waals surface area contributed by atoms with Gasteiger partial charge in [-0.25, -0.2) is 0 Å². The van der Waals surface area contributed by atoms with Gasteiger partial charge in [0.2, 0.25) is 0 Å². The first-order valence-corrected chi connectivity index (χ1v) is 5.00. The van der Waals surface area contributed by atoms with Gasteiger partial charge in [-0.1, -0.05) is 22.0 Å². The Hall–Kier alpha value is -0.750. The fourth-order valence-corrected chi connectivity index (χ4v) is 0.926. The van der Waals surface area contributed by atoms with Crippen molar-refractivity contribution in [1.29, 1.82) is 0 Å². The van der Waals surface area contributed by atoms with Gasteiger partial charge >= 0.3 is 5.97 Å². The zero-order chi connectivity index (χ0) is 9.94. The van der Waals surface area contributed by atoms with Gasteiger partial charge in [-0.15, -0.1) is 11.8 Å². The van der Waals surface area contributed by atoms with E-state index in [1.807, 2.05) is 11.1 Å². The lowest BCUT2D eigenvalue weighted by molar-refractivity contribution is -0.140. The molecule has 2 nitrogen and oxygen atoms in total. The third kappa shape index (κ3) is 9.16. The van der Waals surface area contributed by atoms with Crippen molar-refractivity contribution in [3.63, 3.8) is 0 Å². The largest absolute Gasteiger partial charge is 0.469 e. The smallest absolute Gasteiger partial charge is 0.306 e. The first-order valence-electron chi connectivity index (χ1n) is 4.09. The SMILES string of the molecule is COC(=O)CCC#CCC/C=C/Br. The Morgan fingerprint density at radius 2 is 2.15 bits per heavy atom. The van der Waals surface area contributed by atoms with Gasteiger partial charge in [-0.2, -0.15) is 0 Å². The van der Waals surface area contributed by atoms with Gasteiger partial charge in [0.25, 0.3) is 0 Å². The van der Waals surface area contributed by atoms with E-state index in [0.717, 1.165) is 12.8 Å². The first kappa shape index (κ1) is 12.2. The lowest BCUT2D eigenvalue weighted by Gasteiger charge is -1.91. The van der Waals surface area contributed by atoms with E-state index in [9.17, 15) is 4.79 Å². The summed E-state index contributed by atoms with van der Waals surface area (Å²) in [7, 11) is 1.39. The minimum Gasteiger partial charge on any atom is -0.469 e. The highest BCUT2D eigenvalue weighted by Crippen LogP contribution is 1.93. The summed E-state index contributed by atoms with van der Waals surface area (Å²) < 4.78 is 4.47. The zero-order valence-electron chi connectivity index (χ0n) is 7.68. The molecule has 13 heavy (non-hydrogen) atoms. The molecule has 0 atom stereocenters. The molecule has 0 aliphatic carbocycles. The molecule has 72 valence electrons. The summed E-state index contributed by atoms with van der Waals surface area (Å²) in [6.07, 6.45) is 4.75. The molecule has 0 aromatic rings. The number of carbonyl (C=O) groups excluding carboxylic acids is 1. The van der Waals surface area contributed by atoms with Gasteiger partial charge in [0.1, 0.15) is 0 Å². The number of carbonyl (C=O) groups is 1. The molecule has 0 unspecified atom stereocenters. The summed E-state index contributed by atoms with van der Waals surface area (Å²) in [6.45, 7) is 0. The van der Waals surface area contributed by atoms with E-state index < -0.39 is 0 Å². The van der Waals surface area contributed by atoms with E-state index >= 15 is 0 Å². The van der Waals surface area contributed by atoms with E-state index in [2.05, 4.69) is 32.5 Å². The number of unbranched alkanes of at least 4 members (excludes halogenated alkanes) is 1. The van der Waals surface area contributed by atoms with E-state index in [1.165, 1.54) is 7.11 Å². The molecule has 0 aromatic carbocycles. The summed E-state index contributed by atoms with van der Waals surface area (Å²) in [5.41, 5.74) is 0. The molecule has 0 N–H and O–H groups in total. The monoisotopic (exact) mass is 244 g/mol. The van der Waals surface area contributed by atoms with Gasteiger partial charge in [0, 0.05) is 12.8 Å². The summed E-state index contributed by atoms with van der Waals surface area (Å²) >= 11 is 3.17. The Balaban J connectivity index is 3.35. The number of hydrogen-bond acceptors (Lipinski definition) is 2. The first-order chi connectivity index (χ1) is 6.31. The van der Waals surface area contributed by atoms with Crippen LogP contribution in [-0.4, -0.2) is 13.1 Å². The van der Waals surface area contributed by atoms with Crippen molar-refractivity contribution in [2.75, 3.05) is 7.11 Å². The van der Waals surface area contributed by atoms with Gasteiger partial charge in [0.15, 0.2) is 0 Å². The Morgan fingerprint density at radius 1 is 1.46 bits per heavy atom. The van der Waals surface area contributed by atoms with E-state index in [1.54, 1.807) is 0 Å². The summed E-state index contributed by atoms with van der Waals surface area (Å²) in [5, 5.41) is 0. The van der Waals surface area contributed by atoms with Crippen LogP contribution in [0.3, 0.4) is 0 Å². The third-order valence-electron chi connectivity index (χ3n) is 1.33. The molecule has 0 saturated heterocycles. The van der Waals surface area contributed by atoms with Gasteiger partial charge < -0.3 is 4.74 Å². The van der Waals surface area contributed by atoms with Crippen molar-refractivity contribution in [3.8, 4) is 11.8 Å². The molecule has 0 saturated carbocycles. The normalized spacial score (nSPS) is 9.38. The lowest BCUT2D eigenvalue weighted by Crippen LogP contribution is -1.98. The molecule has 0 spiro atoms. The summed E-state index contributed by atoms with van der Waals surface area (Å²) in [6, 6.07) is 0. The van der Waals surface area contributed by atoms with Crippen LogP contribution < -0.4 is 0 Å². The molecule has 0 heterocycles. The standard InChI is InChI=1S/C10H13BrO2/c1-13-10(12)8-6-4-2-3-5-7-9-11/h7,9H,3,5-6,8H2,1H3/b9-7+. The molecular weight excluding hydrogens is 232 g/mol.